The molecule has 0 radical (unpaired) electrons. The van der Waals surface area contributed by atoms with E-state index in [-0.39, 0.29) is 25.7 Å². The molecule has 238 valence electrons. The van der Waals surface area contributed by atoms with Crippen LogP contribution in [0.4, 0.5) is 5.69 Å². The third-order valence-corrected chi connectivity index (χ3v) is 8.88. The smallest absolute Gasteiger partial charge is 0.327 e. The van der Waals surface area contributed by atoms with Crippen LogP contribution in [0, 0.1) is 6.92 Å². The van der Waals surface area contributed by atoms with Crippen LogP contribution in [0.2, 0.25) is 5.02 Å². The van der Waals surface area contributed by atoms with Crippen molar-refractivity contribution in [1.29, 1.82) is 0 Å². The van der Waals surface area contributed by atoms with Crippen LogP contribution < -0.4 is 10.2 Å². The molecule has 0 fully saturated rings. The molecule has 0 saturated carbocycles. The van der Waals surface area contributed by atoms with E-state index in [1.807, 2.05) is 122 Å². The number of aryl methyl sites for hydroxylation is 1. The van der Waals surface area contributed by atoms with Crippen molar-refractivity contribution >= 4 is 29.2 Å². The van der Waals surface area contributed by atoms with Gasteiger partial charge in [0.25, 0.3) is 5.91 Å². The second-order valence-electron chi connectivity index (χ2n) is 11.6. The van der Waals surface area contributed by atoms with Crippen molar-refractivity contribution in [2.24, 2.45) is 0 Å². The van der Waals surface area contributed by atoms with Gasteiger partial charge in [0.2, 0.25) is 0 Å². The quantitative estimate of drug-likeness (QED) is 0.140. The number of nitrogens with one attached hydrogen (secondary N) is 1. The topological polar surface area (TPSA) is 67.9 Å². The third-order valence-electron chi connectivity index (χ3n) is 8.64. The van der Waals surface area contributed by atoms with E-state index < -0.39 is 23.7 Å². The Morgan fingerprint density at radius 2 is 1.43 bits per heavy atom. The number of anilines is 1. The van der Waals surface area contributed by atoms with Crippen LogP contribution in [-0.2, 0) is 37.8 Å². The van der Waals surface area contributed by atoms with E-state index in [1.54, 1.807) is 30.0 Å². The first-order valence-corrected chi connectivity index (χ1v) is 16.2. The summed E-state index contributed by atoms with van der Waals surface area (Å²) in [5, 5.41) is 4.06. The van der Waals surface area contributed by atoms with E-state index in [2.05, 4.69) is 5.32 Å². The lowest BCUT2D eigenvalue weighted by molar-refractivity contribution is -0.169. The molecule has 6 nitrogen and oxygen atoms in total. The van der Waals surface area contributed by atoms with Gasteiger partial charge in [-0.25, -0.2) is 0 Å². The van der Waals surface area contributed by atoms with Gasteiger partial charge in [-0.3, -0.25) is 14.9 Å². The predicted molar refractivity (Wildman–Crippen MR) is 185 cm³/mol. The number of hydrogen-bond acceptors (Lipinski definition) is 5. The highest BCUT2D eigenvalue weighted by molar-refractivity contribution is 6.31. The fourth-order valence-electron chi connectivity index (χ4n) is 6.28. The molecule has 1 aliphatic heterocycles. The van der Waals surface area contributed by atoms with E-state index in [9.17, 15) is 4.79 Å². The first kappa shape index (κ1) is 32.2. The summed E-state index contributed by atoms with van der Waals surface area (Å²) in [5.74, 6) is -0.970. The Balaban J connectivity index is 1.55. The second-order valence-corrected chi connectivity index (χ2v) is 12.0. The minimum absolute atomic E-state index is 0.0819. The lowest BCUT2D eigenvalue weighted by atomic mass is 9.85. The van der Waals surface area contributed by atoms with E-state index >= 15 is 4.79 Å². The summed E-state index contributed by atoms with van der Waals surface area (Å²) in [6.45, 7) is 4.23. The summed E-state index contributed by atoms with van der Waals surface area (Å²) in [4.78, 5) is 31.2. The molecule has 1 N–H and O–H groups in total. The van der Waals surface area contributed by atoms with Crippen molar-refractivity contribution < 1.29 is 19.1 Å². The highest BCUT2D eigenvalue weighted by atomic mass is 35.5. The molecule has 6 rings (SSSR count). The van der Waals surface area contributed by atoms with E-state index in [0.29, 0.717) is 16.3 Å². The van der Waals surface area contributed by atoms with Crippen LogP contribution in [0.25, 0.3) is 0 Å². The number of nitrogens with zero attached hydrogens (tertiary/aromatic N) is 1. The lowest BCUT2D eigenvalue weighted by Crippen LogP contribution is -2.60. The number of hydrogen-bond donors (Lipinski definition) is 1. The van der Waals surface area contributed by atoms with Crippen molar-refractivity contribution in [3.8, 4) is 0 Å². The molecule has 0 saturated heterocycles. The highest BCUT2D eigenvalue weighted by Gasteiger charge is 2.60. The Labute approximate surface area is 280 Å². The van der Waals surface area contributed by atoms with Gasteiger partial charge in [0.1, 0.15) is 6.04 Å². The number of ether oxygens (including phenoxy) is 2. The van der Waals surface area contributed by atoms with Crippen LogP contribution in [-0.4, -0.2) is 24.5 Å². The summed E-state index contributed by atoms with van der Waals surface area (Å²) in [6, 6.07) is 40.9. The predicted octanol–water partition coefficient (Wildman–Crippen LogP) is 7.92. The fraction of sp³-hybridized carbons (Fsp3) is 0.200. The molecule has 1 heterocycles. The zero-order valence-corrected chi connectivity index (χ0v) is 27.2. The van der Waals surface area contributed by atoms with Crippen LogP contribution in [0.1, 0.15) is 46.3 Å². The molecule has 0 bridgehead atoms. The van der Waals surface area contributed by atoms with Crippen molar-refractivity contribution in [3.05, 3.63) is 172 Å². The molecule has 0 aromatic heterocycles. The van der Waals surface area contributed by atoms with Gasteiger partial charge in [-0.15, -0.1) is 0 Å². The molecular weight excluding hydrogens is 608 g/mol. The normalized spacial score (nSPS) is 16.3. The van der Waals surface area contributed by atoms with E-state index in [0.717, 1.165) is 27.8 Å². The second kappa shape index (κ2) is 14.3. The molecule has 1 amide bonds. The van der Waals surface area contributed by atoms with Crippen LogP contribution in [0.15, 0.2) is 133 Å². The minimum atomic E-state index is -1.80. The number of fused-ring (bicyclic) bond motifs is 1. The average molecular weight is 645 g/mol. The first-order chi connectivity index (χ1) is 22.9. The number of benzene rings is 5. The Bertz CT molecular complexity index is 1790. The van der Waals surface area contributed by atoms with Gasteiger partial charge in [0.15, 0.2) is 5.60 Å². The van der Waals surface area contributed by atoms with Crippen LogP contribution >= 0.6 is 11.6 Å². The zero-order valence-electron chi connectivity index (χ0n) is 26.4. The maximum atomic E-state index is 15.2. The van der Waals surface area contributed by atoms with Gasteiger partial charge in [-0.2, -0.15) is 0 Å². The van der Waals surface area contributed by atoms with Crippen molar-refractivity contribution in [3.63, 3.8) is 0 Å². The number of amides is 1. The maximum Gasteiger partial charge on any atom is 0.327 e. The van der Waals surface area contributed by atoms with Gasteiger partial charge >= 0.3 is 5.97 Å². The standard InChI is InChI=1S/C40H37ClN2O4/c1-3-46-38(44)37(42-36(30-18-9-5-10-19-30)31-20-11-6-12-21-31)40(47-27-32-22-14-13-15-28(32)2)34-24-23-33(41)25-35(34)43(39(40)45)26-29-16-7-4-8-17-29/h4-25,36-37,42H,3,26-27H2,1-2H3/t37-,40-/m0/s1. The summed E-state index contributed by atoms with van der Waals surface area (Å²) < 4.78 is 12.7. The Hall–Kier alpha value is -4.75. The Morgan fingerprint density at radius 3 is 2.04 bits per heavy atom. The largest absolute Gasteiger partial charge is 0.465 e. The minimum Gasteiger partial charge on any atom is -0.465 e. The third kappa shape index (κ3) is 6.58. The lowest BCUT2D eigenvalue weighted by Gasteiger charge is -2.38. The van der Waals surface area contributed by atoms with Gasteiger partial charge in [0, 0.05) is 10.6 Å². The van der Waals surface area contributed by atoms with Crippen LogP contribution in [0.3, 0.4) is 0 Å². The summed E-state index contributed by atoms with van der Waals surface area (Å²) >= 11 is 6.58. The molecule has 0 spiro atoms. The molecule has 0 aliphatic carbocycles. The summed E-state index contributed by atoms with van der Waals surface area (Å²) in [5.41, 5.74) is 4.01. The van der Waals surface area contributed by atoms with Gasteiger partial charge in [0.05, 0.1) is 31.5 Å². The Kier molecular flexibility index (Phi) is 9.83. The SMILES string of the molecule is CCOC(=O)[C@H](NC(c1ccccc1)c1ccccc1)[C@]1(OCc2ccccc2C)C(=O)N(Cc2ccccc2)c2cc(Cl)ccc21. The molecular formula is C40H37ClN2O4. The van der Waals surface area contributed by atoms with Gasteiger partial charge < -0.3 is 14.4 Å². The molecule has 5 aromatic rings. The van der Waals surface area contributed by atoms with Gasteiger partial charge in [-0.05, 0) is 53.8 Å². The number of rotatable bonds is 12. The molecule has 7 heteroatoms. The zero-order chi connectivity index (χ0) is 32.8. The van der Waals surface area contributed by atoms with Crippen molar-refractivity contribution in [1.82, 2.24) is 5.32 Å². The molecule has 1 aliphatic rings. The number of esters is 1. The van der Waals surface area contributed by atoms with Crippen molar-refractivity contribution in [2.45, 2.75) is 44.7 Å². The average Bonchev–Trinajstić information content (AvgIpc) is 3.32. The van der Waals surface area contributed by atoms with Crippen molar-refractivity contribution in [2.75, 3.05) is 11.5 Å². The molecule has 47 heavy (non-hydrogen) atoms. The monoisotopic (exact) mass is 644 g/mol. The maximum absolute atomic E-state index is 15.2. The fourth-order valence-corrected chi connectivity index (χ4v) is 6.44. The molecule has 5 aromatic carbocycles. The van der Waals surface area contributed by atoms with E-state index in [4.69, 9.17) is 21.1 Å². The molecule has 0 unspecified atom stereocenters. The summed E-state index contributed by atoms with van der Waals surface area (Å²) in [7, 11) is 0. The van der Waals surface area contributed by atoms with E-state index in [1.165, 1.54) is 0 Å². The van der Waals surface area contributed by atoms with Crippen LogP contribution in [0.5, 0.6) is 0 Å². The molecule has 2 atom stereocenters. The number of carbonyl (C=O) groups excluding carboxylic acids is 2. The van der Waals surface area contributed by atoms with Gasteiger partial charge in [-0.1, -0.05) is 133 Å². The Morgan fingerprint density at radius 1 is 0.830 bits per heavy atom. The number of halogens is 1. The summed E-state index contributed by atoms with van der Waals surface area (Å²) in [6.07, 6.45) is 0. The highest BCUT2D eigenvalue weighted by Crippen LogP contribution is 2.48. The number of carbonyl (C=O) groups is 2. The first-order valence-electron chi connectivity index (χ1n) is 15.8.